The lowest BCUT2D eigenvalue weighted by molar-refractivity contribution is -0.128. The number of hydrogen-bond donors (Lipinski definition) is 2. The Morgan fingerprint density at radius 3 is 2.67 bits per heavy atom. The van der Waals surface area contributed by atoms with Gasteiger partial charge in [0, 0.05) is 12.0 Å². The van der Waals surface area contributed by atoms with Gasteiger partial charge in [0.15, 0.2) is 0 Å². The molecule has 0 aromatic carbocycles. The highest BCUT2D eigenvalue weighted by molar-refractivity contribution is 5.79. The van der Waals surface area contributed by atoms with Crippen molar-refractivity contribution < 1.29 is 9.21 Å². The molecule has 1 aromatic rings. The third-order valence-electron chi connectivity index (χ3n) is 5.15. The highest BCUT2D eigenvalue weighted by Gasteiger charge is 2.40. The van der Waals surface area contributed by atoms with E-state index in [9.17, 15) is 4.79 Å². The fourth-order valence-electron chi connectivity index (χ4n) is 3.97. The monoisotopic (exact) mass is 291 g/mol. The number of carbonyl (C=O) groups is 1. The zero-order chi connectivity index (χ0) is 15.0. The van der Waals surface area contributed by atoms with E-state index in [1.807, 2.05) is 13.8 Å². The molecule has 0 aliphatic heterocycles. The molecule has 116 valence electrons. The van der Waals surface area contributed by atoms with E-state index in [2.05, 4.69) is 10.3 Å². The van der Waals surface area contributed by atoms with Crippen molar-refractivity contribution >= 4 is 5.91 Å². The Kier molecular flexibility index (Phi) is 4.02. The van der Waals surface area contributed by atoms with Crippen molar-refractivity contribution in [2.45, 2.75) is 58.0 Å². The Balaban J connectivity index is 1.61. The lowest BCUT2D eigenvalue weighted by atomic mass is 9.65. The number of nitrogens with two attached hydrogens (primary N) is 1. The molecule has 2 aliphatic carbocycles. The molecule has 2 bridgehead atoms. The van der Waals surface area contributed by atoms with E-state index in [0.717, 1.165) is 18.6 Å². The maximum atomic E-state index is 12.5. The summed E-state index contributed by atoms with van der Waals surface area (Å²) in [5.74, 6) is 2.61. The van der Waals surface area contributed by atoms with Gasteiger partial charge in [0.25, 0.3) is 0 Å². The van der Waals surface area contributed by atoms with E-state index in [1.165, 1.54) is 19.3 Å². The van der Waals surface area contributed by atoms with Gasteiger partial charge in [-0.05, 0) is 51.4 Å². The van der Waals surface area contributed by atoms with Crippen molar-refractivity contribution in [3.05, 3.63) is 17.8 Å². The summed E-state index contributed by atoms with van der Waals surface area (Å²) in [5.41, 5.74) is 6.28. The molecule has 3 unspecified atom stereocenters. The highest BCUT2D eigenvalue weighted by Crippen LogP contribution is 2.42. The maximum Gasteiger partial charge on any atom is 0.223 e. The minimum atomic E-state index is -0.179. The summed E-state index contributed by atoms with van der Waals surface area (Å²) in [6, 6.07) is 0.122. The zero-order valence-electron chi connectivity index (χ0n) is 12.8. The maximum absolute atomic E-state index is 12.5. The molecule has 2 aliphatic rings. The van der Waals surface area contributed by atoms with Gasteiger partial charge < -0.3 is 15.5 Å². The summed E-state index contributed by atoms with van der Waals surface area (Å²) < 4.78 is 5.48. The second-order valence-electron chi connectivity index (χ2n) is 6.74. The van der Waals surface area contributed by atoms with Crippen molar-refractivity contribution in [3.8, 4) is 0 Å². The second-order valence-corrected chi connectivity index (χ2v) is 6.74. The number of fused-ring (bicyclic) bond motifs is 2. The van der Waals surface area contributed by atoms with Crippen LogP contribution in [0.4, 0.5) is 0 Å². The van der Waals surface area contributed by atoms with E-state index >= 15 is 0 Å². The molecule has 0 radical (unpaired) electrons. The normalized spacial score (nSPS) is 33.5. The van der Waals surface area contributed by atoms with Gasteiger partial charge >= 0.3 is 0 Å². The molecule has 2 fully saturated rings. The van der Waals surface area contributed by atoms with Crippen molar-refractivity contribution in [1.29, 1.82) is 0 Å². The van der Waals surface area contributed by atoms with Crippen molar-refractivity contribution in [3.63, 3.8) is 0 Å². The summed E-state index contributed by atoms with van der Waals surface area (Å²) >= 11 is 0. The lowest BCUT2D eigenvalue weighted by Gasteiger charge is -2.43. The Hall–Kier alpha value is -1.36. The van der Waals surface area contributed by atoms with Crippen LogP contribution in [0.1, 0.15) is 56.7 Å². The summed E-state index contributed by atoms with van der Waals surface area (Å²) in [6.07, 6.45) is 7.17. The summed E-state index contributed by atoms with van der Waals surface area (Å²) in [7, 11) is 0. The van der Waals surface area contributed by atoms with Gasteiger partial charge in [0.2, 0.25) is 11.8 Å². The third-order valence-corrected chi connectivity index (χ3v) is 5.15. The number of rotatable bonds is 3. The van der Waals surface area contributed by atoms with Crippen molar-refractivity contribution in [1.82, 2.24) is 10.3 Å². The van der Waals surface area contributed by atoms with Crippen LogP contribution >= 0.6 is 0 Å². The molecule has 1 heterocycles. The summed E-state index contributed by atoms with van der Waals surface area (Å²) in [4.78, 5) is 16.7. The van der Waals surface area contributed by atoms with Gasteiger partial charge in [0.1, 0.15) is 11.8 Å². The Morgan fingerprint density at radius 1 is 1.43 bits per heavy atom. The number of aryl methyl sites for hydroxylation is 1. The van der Waals surface area contributed by atoms with Crippen LogP contribution in [0.25, 0.3) is 0 Å². The number of hydrogen-bond acceptors (Lipinski definition) is 4. The summed E-state index contributed by atoms with van der Waals surface area (Å²) in [5, 5.41) is 3.05. The predicted octanol–water partition coefficient (Wildman–Crippen LogP) is 2.31. The Morgan fingerprint density at radius 2 is 2.10 bits per heavy atom. The first-order chi connectivity index (χ1) is 10.0. The van der Waals surface area contributed by atoms with E-state index in [-0.39, 0.29) is 17.9 Å². The molecule has 5 nitrogen and oxygen atoms in total. The molecule has 3 N–H and O–H groups in total. The second kappa shape index (κ2) is 5.79. The van der Waals surface area contributed by atoms with Gasteiger partial charge in [-0.2, -0.15) is 0 Å². The van der Waals surface area contributed by atoms with Crippen LogP contribution in [0.5, 0.6) is 0 Å². The molecular weight excluding hydrogens is 266 g/mol. The molecule has 1 aromatic heterocycles. The Bertz CT molecular complexity index is 499. The third kappa shape index (κ3) is 2.98. The highest BCUT2D eigenvalue weighted by atomic mass is 16.4. The van der Waals surface area contributed by atoms with E-state index in [1.54, 1.807) is 6.20 Å². The van der Waals surface area contributed by atoms with Crippen LogP contribution in [-0.2, 0) is 4.79 Å². The molecule has 3 rings (SSSR count). The molecule has 1 amide bonds. The van der Waals surface area contributed by atoms with Crippen LogP contribution in [0.3, 0.4) is 0 Å². The molecular formula is C16H25N3O2. The molecule has 5 heteroatoms. The first kappa shape index (κ1) is 14.6. The van der Waals surface area contributed by atoms with Crippen molar-refractivity contribution in [2.24, 2.45) is 23.5 Å². The molecule has 0 saturated heterocycles. The molecule has 21 heavy (non-hydrogen) atoms. The minimum absolute atomic E-state index is 0.0959. The van der Waals surface area contributed by atoms with Gasteiger partial charge in [0.05, 0.1) is 6.20 Å². The smallest absolute Gasteiger partial charge is 0.223 e. The average molecular weight is 291 g/mol. The fraction of sp³-hybridized carbons (Fsp3) is 0.750. The van der Waals surface area contributed by atoms with Gasteiger partial charge in [-0.1, -0.05) is 6.42 Å². The largest absolute Gasteiger partial charge is 0.444 e. The summed E-state index contributed by atoms with van der Waals surface area (Å²) in [6.45, 7) is 3.77. The van der Waals surface area contributed by atoms with Gasteiger partial charge in [-0.25, -0.2) is 4.98 Å². The van der Waals surface area contributed by atoms with E-state index in [0.29, 0.717) is 23.8 Å². The number of aromatic nitrogens is 1. The lowest BCUT2D eigenvalue weighted by Crippen LogP contribution is -2.49. The number of carbonyl (C=O) groups excluding carboxylic acids is 1. The topological polar surface area (TPSA) is 81.2 Å². The SMILES string of the molecule is Cc1cnc(C(C)NC(=O)C2CC3CCCC(C2)C3N)o1. The average Bonchev–Trinajstić information content (AvgIpc) is 2.85. The van der Waals surface area contributed by atoms with Crippen LogP contribution in [0.15, 0.2) is 10.6 Å². The van der Waals surface area contributed by atoms with Crippen LogP contribution in [-0.4, -0.2) is 16.9 Å². The van der Waals surface area contributed by atoms with Crippen LogP contribution in [0.2, 0.25) is 0 Å². The standard InChI is InChI=1S/C16H25N3O2/c1-9-8-18-16(21-9)10(2)19-15(20)13-6-11-4-3-5-12(7-13)14(11)17/h8,10-14H,3-7,17H2,1-2H3,(H,19,20). The molecule has 2 saturated carbocycles. The molecule has 0 spiro atoms. The Labute approximate surface area is 125 Å². The minimum Gasteiger partial charge on any atom is -0.444 e. The van der Waals surface area contributed by atoms with Crippen molar-refractivity contribution in [2.75, 3.05) is 0 Å². The quantitative estimate of drug-likeness (QED) is 0.895. The number of nitrogens with zero attached hydrogens (tertiary/aromatic N) is 1. The first-order valence-electron chi connectivity index (χ1n) is 8.03. The van der Waals surface area contributed by atoms with E-state index in [4.69, 9.17) is 10.2 Å². The number of oxazole rings is 1. The number of amides is 1. The van der Waals surface area contributed by atoms with Crippen LogP contribution < -0.4 is 11.1 Å². The predicted molar refractivity (Wildman–Crippen MR) is 79.3 cm³/mol. The number of nitrogens with one attached hydrogen (secondary N) is 1. The van der Waals surface area contributed by atoms with Crippen LogP contribution in [0, 0.1) is 24.7 Å². The zero-order valence-corrected chi connectivity index (χ0v) is 12.8. The van der Waals surface area contributed by atoms with Gasteiger partial charge in [-0.3, -0.25) is 4.79 Å². The fourth-order valence-corrected chi connectivity index (χ4v) is 3.97. The van der Waals surface area contributed by atoms with Gasteiger partial charge in [-0.15, -0.1) is 0 Å². The van der Waals surface area contributed by atoms with E-state index < -0.39 is 0 Å². The molecule has 3 atom stereocenters. The first-order valence-corrected chi connectivity index (χ1v) is 8.03.